The number of para-hydroxylation sites is 1. The van der Waals surface area contributed by atoms with E-state index >= 15 is 0 Å². The number of aromatic hydroxyl groups is 1. The quantitative estimate of drug-likeness (QED) is 0.654. The van der Waals surface area contributed by atoms with Crippen LogP contribution in [0.15, 0.2) is 24.3 Å². The molecule has 0 radical (unpaired) electrons. The van der Waals surface area contributed by atoms with Crippen LogP contribution in [0.1, 0.15) is 12.0 Å². The van der Waals surface area contributed by atoms with Crippen LogP contribution in [0.3, 0.4) is 0 Å². The number of imide groups is 1. The number of likely N-dealkylation sites (tertiary alicyclic amines) is 1. The first kappa shape index (κ1) is 13.4. The van der Waals surface area contributed by atoms with E-state index in [0.717, 1.165) is 0 Å². The molecule has 4 amide bonds. The van der Waals surface area contributed by atoms with Crippen LogP contribution in [-0.4, -0.2) is 46.5 Å². The molecule has 2 fully saturated rings. The zero-order valence-corrected chi connectivity index (χ0v) is 11.3. The third-order valence-corrected chi connectivity index (χ3v) is 3.97. The smallest absolute Gasteiger partial charge is 0.322 e. The number of benzene rings is 1. The van der Waals surface area contributed by atoms with Gasteiger partial charge in [-0.25, -0.2) is 4.79 Å². The molecule has 1 spiro atoms. The van der Waals surface area contributed by atoms with Crippen LogP contribution in [0.2, 0.25) is 0 Å². The molecule has 3 N–H and O–H groups in total. The van der Waals surface area contributed by atoms with Crippen molar-refractivity contribution in [2.75, 3.05) is 13.1 Å². The van der Waals surface area contributed by atoms with E-state index in [2.05, 4.69) is 10.6 Å². The summed E-state index contributed by atoms with van der Waals surface area (Å²) >= 11 is 0. The predicted molar refractivity (Wildman–Crippen MR) is 72.4 cm³/mol. The maximum Gasteiger partial charge on any atom is 0.322 e. The molecule has 7 nitrogen and oxygen atoms in total. The van der Waals surface area contributed by atoms with Crippen molar-refractivity contribution < 1.29 is 19.5 Å². The van der Waals surface area contributed by atoms with Gasteiger partial charge in [0.15, 0.2) is 0 Å². The van der Waals surface area contributed by atoms with Crippen molar-refractivity contribution in [3.63, 3.8) is 0 Å². The number of carbonyl (C=O) groups is 3. The first-order valence-electron chi connectivity index (χ1n) is 6.68. The molecule has 2 saturated heterocycles. The minimum atomic E-state index is -0.995. The first-order valence-corrected chi connectivity index (χ1v) is 6.68. The number of nitrogens with zero attached hydrogens (tertiary/aromatic N) is 1. The van der Waals surface area contributed by atoms with Crippen molar-refractivity contribution in [3.05, 3.63) is 29.8 Å². The summed E-state index contributed by atoms with van der Waals surface area (Å²) in [6.45, 7) is 0.567. The fraction of sp³-hybridized carbons (Fsp3) is 0.357. The van der Waals surface area contributed by atoms with Gasteiger partial charge in [0.05, 0.1) is 13.0 Å². The number of rotatable bonds is 2. The van der Waals surface area contributed by atoms with Crippen LogP contribution < -0.4 is 10.6 Å². The second-order valence-electron chi connectivity index (χ2n) is 5.36. The summed E-state index contributed by atoms with van der Waals surface area (Å²) in [5.74, 6) is -0.487. The highest BCUT2D eigenvalue weighted by atomic mass is 16.3. The normalized spacial score (nSPS) is 24.3. The highest BCUT2D eigenvalue weighted by molar-refractivity contribution is 6.07. The zero-order valence-electron chi connectivity index (χ0n) is 11.3. The summed E-state index contributed by atoms with van der Waals surface area (Å²) in [4.78, 5) is 36.9. The van der Waals surface area contributed by atoms with Crippen molar-refractivity contribution in [2.24, 2.45) is 0 Å². The van der Waals surface area contributed by atoms with Crippen LogP contribution in [0.5, 0.6) is 5.75 Å². The Morgan fingerprint density at radius 3 is 2.76 bits per heavy atom. The van der Waals surface area contributed by atoms with Crippen LogP contribution in [-0.2, 0) is 16.0 Å². The van der Waals surface area contributed by atoms with Gasteiger partial charge in [-0.2, -0.15) is 0 Å². The minimum absolute atomic E-state index is 0.0678. The average molecular weight is 289 g/mol. The van der Waals surface area contributed by atoms with Gasteiger partial charge in [-0.05, 0) is 12.5 Å². The van der Waals surface area contributed by atoms with Gasteiger partial charge < -0.3 is 15.3 Å². The molecule has 0 aliphatic carbocycles. The molecule has 110 valence electrons. The molecule has 0 aromatic heterocycles. The van der Waals surface area contributed by atoms with Gasteiger partial charge in [-0.15, -0.1) is 0 Å². The molecule has 3 rings (SSSR count). The minimum Gasteiger partial charge on any atom is -0.508 e. The lowest BCUT2D eigenvalue weighted by Crippen LogP contribution is -2.49. The number of carbonyl (C=O) groups excluding carboxylic acids is 3. The van der Waals surface area contributed by atoms with E-state index in [1.54, 1.807) is 18.2 Å². The summed E-state index contributed by atoms with van der Waals surface area (Å²) in [6.07, 6.45) is 0.468. The van der Waals surface area contributed by atoms with E-state index in [4.69, 9.17) is 0 Å². The van der Waals surface area contributed by atoms with Crippen molar-refractivity contribution in [1.29, 1.82) is 0 Å². The third-order valence-electron chi connectivity index (χ3n) is 3.97. The van der Waals surface area contributed by atoms with E-state index in [9.17, 15) is 19.5 Å². The lowest BCUT2D eigenvalue weighted by molar-refractivity contribution is -0.130. The van der Waals surface area contributed by atoms with E-state index in [1.165, 1.54) is 11.0 Å². The van der Waals surface area contributed by atoms with Crippen molar-refractivity contribution in [3.8, 4) is 5.75 Å². The molecule has 1 aromatic carbocycles. The topological polar surface area (TPSA) is 98.7 Å². The highest BCUT2D eigenvalue weighted by Crippen LogP contribution is 2.26. The second-order valence-corrected chi connectivity index (χ2v) is 5.36. The van der Waals surface area contributed by atoms with Crippen LogP contribution in [0, 0.1) is 0 Å². The molecule has 1 atom stereocenters. The summed E-state index contributed by atoms with van der Waals surface area (Å²) in [5.41, 5.74) is -0.450. The largest absolute Gasteiger partial charge is 0.508 e. The lowest BCUT2D eigenvalue weighted by atomic mass is 9.99. The van der Waals surface area contributed by atoms with Gasteiger partial charge in [-0.1, -0.05) is 18.2 Å². The van der Waals surface area contributed by atoms with E-state index < -0.39 is 11.6 Å². The molecule has 0 bridgehead atoms. The Kier molecular flexibility index (Phi) is 3.04. The third kappa shape index (κ3) is 2.31. The maximum absolute atomic E-state index is 12.3. The Morgan fingerprint density at radius 1 is 1.33 bits per heavy atom. The number of urea groups is 1. The lowest BCUT2D eigenvalue weighted by Gasteiger charge is -2.21. The standard InChI is InChI=1S/C14H15N3O4/c18-10-4-2-1-3-9(10)7-11(19)17-6-5-14(8-17)12(20)15-13(21)16-14/h1-4,18H,5-8H2,(H2,15,16,20,21). The molecule has 0 saturated carbocycles. The van der Waals surface area contributed by atoms with Gasteiger partial charge in [0.1, 0.15) is 11.3 Å². The Balaban J connectivity index is 1.69. The van der Waals surface area contributed by atoms with Gasteiger partial charge in [0.2, 0.25) is 5.91 Å². The summed E-state index contributed by atoms with van der Waals surface area (Å²) in [6, 6.07) is 6.13. The Bertz CT molecular complexity index is 630. The predicted octanol–water partition coefficient (Wildman–Crippen LogP) is -0.255. The molecule has 7 heteroatoms. The number of hydrogen-bond acceptors (Lipinski definition) is 4. The van der Waals surface area contributed by atoms with Crippen molar-refractivity contribution >= 4 is 17.8 Å². The van der Waals surface area contributed by atoms with Crippen LogP contribution in [0.4, 0.5) is 4.79 Å². The number of amides is 4. The van der Waals surface area contributed by atoms with E-state index in [1.807, 2.05) is 0 Å². The van der Waals surface area contributed by atoms with Crippen LogP contribution >= 0.6 is 0 Å². The summed E-state index contributed by atoms with van der Waals surface area (Å²) in [5, 5.41) is 14.5. The summed E-state index contributed by atoms with van der Waals surface area (Å²) < 4.78 is 0. The highest BCUT2D eigenvalue weighted by Gasteiger charge is 2.51. The number of phenolic OH excluding ortho intramolecular Hbond substituents is 1. The molecule has 1 unspecified atom stereocenters. The molecule has 2 aliphatic rings. The SMILES string of the molecule is O=C1NC(=O)C2(CCN(C(=O)Cc3ccccc3O)C2)N1. The Morgan fingerprint density at radius 2 is 2.10 bits per heavy atom. The fourth-order valence-corrected chi connectivity index (χ4v) is 2.77. The number of phenols is 1. The molecular formula is C14H15N3O4. The molecule has 2 aliphatic heterocycles. The Hall–Kier alpha value is -2.57. The van der Waals surface area contributed by atoms with E-state index in [-0.39, 0.29) is 30.5 Å². The van der Waals surface area contributed by atoms with Crippen LogP contribution in [0.25, 0.3) is 0 Å². The molecule has 2 heterocycles. The fourth-order valence-electron chi connectivity index (χ4n) is 2.77. The summed E-state index contributed by atoms with van der Waals surface area (Å²) in [7, 11) is 0. The van der Waals surface area contributed by atoms with Gasteiger partial charge in [-0.3, -0.25) is 14.9 Å². The molecule has 1 aromatic rings. The average Bonchev–Trinajstić information content (AvgIpc) is 2.97. The van der Waals surface area contributed by atoms with Crippen molar-refractivity contribution in [2.45, 2.75) is 18.4 Å². The van der Waals surface area contributed by atoms with Gasteiger partial charge in [0, 0.05) is 12.1 Å². The molecular weight excluding hydrogens is 274 g/mol. The van der Waals surface area contributed by atoms with Crippen molar-refractivity contribution in [1.82, 2.24) is 15.5 Å². The van der Waals surface area contributed by atoms with Gasteiger partial charge in [0.25, 0.3) is 5.91 Å². The zero-order chi connectivity index (χ0) is 15.0. The first-order chi connectivity index (χ1) is 10.00. The number of nitrogens with one attached hydrogen (secondary N) is 2. The maximum atomic E-state index is 12.3. The monoisotopic (exact) mass is 289 g/mol. The molecule has 21 heavy (non-hydrogen) atoms. The second kappa shape index (κ2) is 4.76. The van der Waals surface area contributed by atoms with Gasteiger partial charge >= 0.3 is 6.03 Å². The van der Waals surface area contributed by atoms with E-state index in [0.29, 0.717) is 18.5 Å². The Labute approximate surface area is 120 Å². The number of hydrogen-bond donors (Lipinski definition) is 3.